The predicted molar refractivity (Wildman–Crippen MR) is 57.2 cm³/mol. The van der Waals surface area contributed by atoms with Crippen molar-refractivity contribution in [2.75, 3.05) is 7.05 Å². The first-order valence-corrected chi connectivity index (χ1v) is 4.94. The maximum Gasteiger partial charge on any atom is 0.247 e. The molecule has 0 aliphatic rings. The van der Waals surface area contributed by atoms with E-state index in [0.717, 1.165) is 0 Å². The summed E-state index contributed by atoms with van der Waals surface area (Å²) in [4.78, 5) is 0. The van der Waals surface area contributed by atoms with Gasteiger partial charge in [0, 0.05) is 5.56 Å². The van der Waals surface area contributed by atoms with Crippen molar-refractivity contribution in [3.8, 4) is 11.5 Å². The van der Waals surface area contributed by atoms with E-state index >= 15 is 0 Å². The molecule has 2 aromatic rings. The van der Waals surface area contributed by atoms with Crippen LogP contribution in [0, 0.1) is 12.7 Å². The van der Waals surface area contributed by atoms with Gasteiger partial charge >= 0.3 is 0 Å². The van der Waals surface area contributed by atoms with Crippen LogP contribution >= 0.6 is 0 Å². The molecule has 0 saturated carbocycles. The third-order valence-corrected chi connectivity index (χ3v) is 2.21. The number of halogens is 1. The van der Waals surface area contributed by atoms with E-state index in [1.54, 1.807) is 26.1 Å². The summed E-state index contributed by atoms with van der Waals surface area (Å²) in [6.45, 7) is 2.21. The largest absolute Gasteiger partial charge is 0.419 e. The highest BCUT2D eigenvalue weighted by Gasteiger charge is 2.09. The maximum atomic E-state index is 13.3. The van der Waals surface area contributed by atoms with E-state index in [0.29, 0.717) is 29.5 Å². The van der Waals surface area contributed by atoms with Crippen molar-refractivity contribution in [2.45, 2.75) is 13.5 Å². The summed E-state index contributed by atoms with van der Waals surface area (Å²) in [5.41, 5.74) is 1.19. The lowest BCUT2D eigenvalue weighted by Crippen LogP contribution is -2.04. The summed E-state index contributed by atoms with van der Waals surface area (Å²) >= 11 is 0. The summed E-state index contributed by atoms with van der Waals surface area (Å²) < 4.78 is 18.7. The Bertz CT molecular complexity index is 496. The highest BCUT2D eigenvalue weighted by atomic mass is 19.1. The van der Waals surface area contributed by atoms with Gasteiger partial charge in [0.15, 0.2) is 0 Å². The second kappa shape index (κ2) is 4.40. The first-order valence-electron chi connectivity index (χ1n) is 4.94. The molecule has 0 aliphatic carbocycles. The molecular weight excluding hydrogens is 209 g/mol. The van der Waals surface area contributed by atoms with Crippen molar-refractivity contribution >= 4 is 0 Å². The Labute approximate surface area is 92.5 Å². The Balaban J connectivity index is 2.31. The molecule has 0 amide bonds. The third kappa shape index (κ3) is 2.09. The second-order valence-electron chi connectivity index (χ2n) is 3.50. The Kier molecular flexibility index (Phi) is 2.96. The standard InChI is InChI=1S/C11H12FN3O/c1-7-3-4-8(5-9(7)12)11-15-14-10(16-11)6-13-2/h3-5,13H,6H2,1-2H3. The molecule has 1 aromatic heterocycles. The summed E-state index contributed by atoms with van der Waals surface area (Å²) in [5.74, 6) is 0.550. The second-order valence-corrected chi connectivity index (χ2v) is 3.50. The summed E-state index contributed by atoms with van der Waals surface area (Å²) in [7, 11) is 1.79. The van der Waals surface area contributed by atoms with Crippen LogP contribution in [-0.4, -0.2) is 17.2 Å². The molecule has 0 atom stereocenters. The molecule has 4 nitrogen and oxygen atoms in total. The fourth-order valence-electron chi connectivity index (χ4n) is 1.32. The lowest BCUT2D eigenvalue weighted by molar-refractivity contribution is 0.490. The lowest BCUT2D eigenvalue weighted by atomic mass is 10.1. The predicted octanol–water partition coefficient (Wildman–Crippen LogP) is 1.90. The van der Waals surface area contributed by atoms with E-state index in [1.165, 1.54) is 6.07 Å². The van der Waals surface area contributed by atoms with Crippen LogP contribution in [0.1, 0.15) is 11.5 Å². The molecular formula is C11H12FN3O. The monoisotopic (exact) mass is 221 g/mol. The van der Waals surface area contributed by atoms with Crippen LogP contribution in [0.25, 0.3) is 11.5 Å². The van der Waals surface area contributed by atoms with Gasteiger partial charge in [0.25, 0.3) is 0 Å². The Hall–Kier alpha value is -1.75. The van der Waals surface area contributed by atoms with Gasteiger partial charge < -0.3 is 9.73 Å². The number of hydrogen-bond acceptors (Lipinski definition) is 4. The van der Waals surface area contributed by atoms with Gasteiger partial charge in [0.1, 0.15) is 5.82 Å². The number of nitrogens with zero attached hydrogens (tertiary/aromatic N) is 2. The van der Waals surface area contributed by atoms with Crippen LogP contribution < -0.4 is 5.32 Å². The molecule has 2 rings (SSSR count). The van der Waals surface area contributed by atoms with E-state index in [2.05, 4.69) is 15.5 Å². The first-order chi connectivity index (χ1) is 7.70. The van der Waals surface area contributed by atoms with Crippen molar-refractivity contribution in [1.29, 1.82) is 0 Å². The van der Waals surface area contributed by atoms with Gasteiger partial charge in [0.2, 0.25) is 11.8 Å². The quantitative estimate of drug-likeness (QED) is 0.860. The van der Waals surface area contributed by atoms with Crippen LogP contribution in [-0.2, 0) is 6.54 Å². The molecule has 1 heterocycles. The van der Waals surface area contributed by atoms with Gasteiger partial charge in [0.05, 0.1) is 6.54 Å². The molecule has 1 aromatic carbocycles. The average Bonchev–Trinajstić information content (AvgIpc) is 2.71. The van der Waals surface area contributed by atoms with E-state index in [-0.39, 0.29) is 5.82 Å². The number of benzene rings is 1. The SMILES string of the molecule is CNCc1nnc(-c2ccc(C)c(F)c2)o1. The Morgan fingerprint density at radius 3 is 2.88 bits per heavy atom. The van der Waals surface area contributed by atoms with Crippen LogP contribution in [0.15, 0.2) is 22.6 Å². The molecule has 84 valence electrons. The van der Waals surface area contributed by atoms with Crippen molar-refractivity contribution in [2.24, 2.45) is 0 Å². The van der Waals surface area contributed by atoms with Crippen LogP contribution in [0.2, 0.25) is 0 Å². The molecule has 0 saturated heterocycles. The highest BCUT2D eigenvalue weighted by Crippen LogP contribution is 2.20. The number of rotatable bonds is 3. The Morgan fingerprint density at radius 1 is 1.38 bits per heavy atom. The van der Waals surface area contributed by atoms with Crippen LogP contribution in [0.5, 0.6) is 0 Å². The number of aryl methyl sites for hydroxylation is 1. The van der Waals surface area contributed by atoms with Gasteiger partial charge in [-0.15, -0.1) is 10.2 Å². The molecule has 1 N–H and O–H groups in total. The third-order valence-electron chi connectivity index (χ3n) is 2.21. The van der Waals surface area contributed by atoms with Crippen LogP contribution in [0.4, 0.5) is 4.39 Å². The topological polar surface area (TPSA) is 51.0 Å². The van der Waals surface area contributed by atoms with E-state index < -0.39 is 0 Å². The van der Waals surface area contributed by atoms with Gasteiger partial charge in [-0.05, 0) is 31.7 Å². The van der Waals surface area contributed by atoms with Crippen molar-refractivity contribution < 1.29 is 8.81 Å². The zero-order valence-corrected chi connectivity index (χ0v) is 9.12. The van der Waals surface area contributed by atoms with Gasteiger partial charge in [-0.2, -0.15) is 0 Å². The van der Waals surface area contributed by atoms with Crippen molar-refractivity contribution in [3.63, 3.8) is 0 Å². The molecule has 0 bridgehead atoms. The molecule has 0 unspecified atom stereocenters. The normalized spacial score (nSPS) is 10.7. The van der Waals surface area contributed by atoms with Crippen molar-refractivity contribution in [1.82, 2.24) is 15.5 Å². The molecule has 16 heavy (non-hydrogen) atoms. The maximum absolute atomic E-state index is 13.3. The van der Waals surface area contributed by atoms with Crippen LogP contribution in [0.3, 0.4) is 0 Å². The smallest absolute Gasteiger partial charge is 0.247 e. The molecule has 0 fully saturated rings. The zero-order valence-electron chi connectivity index (χ0n) is 9.12. The van der Waals surface area contributed by atoms with E-state index in [1.807, 2.05) is 0 Å². The lowest BCUT2D eigenvalue weighted by Gasteiger charge is -1.98. The first kappa shape index (κ1) is 10.8. The fraction of sp³-hybridized carbons (Fsp3) is 0.273. The zero-order chi connectivity index (χ0) is 11.5. The summed E-state index contributed by atoms with van der Waals surface area (Å²) in [6, 6.07) is 4.84. The summed E-state index contributed by atoms with van der Waals surface area (Å²) in [6.07, 6.45) is 0. The van der Waals surface area contributed by atoms with Gasteiger partial charge in [-0.1, -0.05) is 6.07 Å². The molecule has 0 spiro atoms. The molecule has 0 aliphatic heterocycles. The van der Waals surface area contributed by atoms with E-state index in [4.69, 9.17) is 4.42 Å². The van der Waals surface area contributed by atoms with Gasteiger partial charge in [-0.3, -0.25) is 0 Å². The van der Waals surface area contributed by atoms with Crippen molar-refractivity contribution in [3.05, 3.63) is 35.5 Å². The minimum Gasteiger partial charge on any atom is -0.419 e. The minimum atomic E-state index is -0.272. The van der Waals surface area contributed by atoms with E-state index in [9.17, 15) is 4.39 Å². The Morgan fingerprint density at radius 2 is 2.19 bits per heavy atom. The number of aromatic nitrogens is 2. The summed E-state index contributed by atoms with van der Waals surface area (Å²) in [5, 5.41) is 10.6. The molecule has 5 heteroatoms. The molecule has 0 radical (unpaired) electrons. The van der Waals surface area contributed by atoms with Gasteiger partial charge in [-0.25, -0.2) is 4.39 Å². The average molecular weight is 221 g/mol. The highest BCUT2D eigenvalue weighted by molar-refractivity contribution is 5.53. The fourth-order valence-corrected chi connectivity index (χ4v) is 1.32. The number of nitrogens with one attached hydrogen (secondary N) is 1. The minimum absolute atomic E-state index is 0.272. The number of hydrogen-bond donors (Lipinski definition) is 1.